The summed E-state index contributed by atoms with van der Waals surface area (Å²) in [4.78, 5) is 24.6. The average molecular weight is 284 g/mol. The molecule has 3 aliphatic rings. The number of carbonyl (C=O) groups is 2. The highest BCUT2D eigenvalue weighted by Gasteiger charge is 2.36. The Bertz CT molecular complexity index is 390. The van der Waals surface area contributed by atoms with Crippen LogP contribution in [0.15, 0.2) is 0 Å². The molecule has 0 aliphatic carbocycles. The van der Waals surface area contributed by atoms with Crippen LogP contribution in [0.1, 0.15) is 25.7 Å². The molecular formula is C13H20N2O5. The van der Waals surface area contributed by atoms with E-state index >= 15 is 0 Å². The van der Waals surface area contributed by atoms with Gasteiger partial charge in [-0.25, -0.2) is 9.59 Å². The van der Waals surface area contributed by atoms with Gasteiger partial charge in [-0.3, -0.25) is 0 Å². The second kappa shape index (κ2) is 5.57. The van der Waals surface area contributed by atoms with Crippen LogP contribution in [-0.4, -0.2) is 66.1 Å². The summed E-state index contributed by atoms with van der Waals surface area (Å²) in [5.41, 5.74) is 0. The SMILES string of the molecule is O=C(O)C1CCC(CNC(=O)N2CC3CCC(C2)O3)O1. The summed E-state index contributed by atoms with van der Waals surface area (Å²) in [5, 5.41) is 11.7. The Morgan fingerprint density at radius 2 is 1.80 bits per heavy atom. The standard InChI is InChI=1S/C13H20N2O5/c16-12(17)11-4-3-8(20-11)5-14-13(18)15-6-9-1-2-10(7-15)19-9/h8-11H,1-7H2,(H,14,18)(H,16,17). The largest absolute Gasteiger partial charge is 0.479 e. The first-order valence-electron chi connectivity index (χ1n) is 7.18. The third-order valence-electron chi connectivity index (χ3n) is 4.19. The topological polar surface area (TPSA) is 88.1 Å². The van der Waals surface area contributed by atoms with Crippen molar-refractivity contribution in [1.29, 1.82) is 0 Å². The number of likely N-dealkylation sites (tertiary alicyclic amines) is 1. The van der Waals surface area contributed by atoms with Gasteiger partial charge in [0.15, 0.2) is 6.10 Å². The van der Waals surface area contributed by atoms with Crippen molar-refractivity contribution in [3.63, 3.8) is 0 Å². The molecule has 0 radical (unpaired) electrons. The molecule has 0 saturated carbocycles. The molecule has 0 aromatic heterocycles. The summed E-state index contributed by atoms with van der Waals surface area (Å²) < 4.78 is 11.0. The van der Waals surface area contributed by atoms with Crippen LogP contribution in [0.3, 0.4) is 0 Å². The Balaban J connectivity index is 1.42. The molecule has 4 atom stereocenters. The maximum absolute atomic E-state index is 12.1. The van der Waals surface area contributed by atoms with Gasteiger partial charge in [-0.1, -0.05) is 0 Å². The van der Waals surface area contributed by atoms with Gasteiger partial charge in [0.2, 0.25) is 0 Å². The van der Waals surface area contributed by atoms with E-state index in [1.807, 2.05) is 0 Å². The highest BCUT2D eigenvalue weighted by atomic mass is 16.5. The molecule has 3 aliphatic heterocycles. The maximum Gasteiger partial charge on any atom is 0.332 e. The van der Waals surface area contributed by atoms with Gasteiger partial charge in [-0.15, -0.1) is 0 Å². The molecule has 2 N–H and O–H groups in total. The zero-order chi connectivity index (χ0) is 14.1. The third-order valence-corrected chi connectivity index (χ3v) is 4.19. The van der Waals surface area contributed by atoms with Crippen molar-refractivity contribution in [2.24, 2.45) is 0 Å². The minimum Gasteiger partial charge on any atom is -0.479 e. The number of hydrogen-bond acceptors (Lipinski definition) is 4. The summed E-state index contributed by atoms with van der Waals surface area (Å²) in [5.74, 6) is -0.927. The number of amides is 2. The van der Waals surface area contributed by atoms with Gasteiger partial charge in [-0.2, -0.15) is 0 Å². The zero-order valence-electron chi connectivity index (χ0n) is 11.3. The summed E-state index contributed by atoms with van der Waals surface area (Å²) in [6.45, 7) is 1.66. The molecule has 7 heteroatoms. The quantitative estimate of drug-likeness (QED) is 0.772. The minimum atomic E-state index is -0.927. The van der Waals surface area contributed by atoms with E-state index in [4.69, 9.17) is 14.6 Å². The van der Waals surface area contributed by atoms with Crippen molar-refractivity contribution < 1.29 is 24.2 Å². The Hall–Kier alpha value is -1.34. The first-order chi connectivity index (χ1) is 9.61. The highest BCUT2D eigenvalue weighted by Crippen LogP contribution is 2.26. The van der Waals surface area contributed by atoms with E-state index in [1.165, 1.54) is 0 Å². The number of urea groups is 1. The van der Waals surface area contributed by atoms with E-state index in [1.54, 1.807) is 4.90 Å². The van der Waals surface area contributed by atoms with Gasteiger partial charge in [-0.05, 0) is 25.7 Å². The molecule has 3 saturated heterocycles. The molecule has 112 valence electrons. The number of ether oxygens (including phenoxy) is 2. The average Bonchev–Trinajstić information content (AvgIpc) is 3.03. The lowest BCUT2D eigenvalue weighted by atomic mass is 10.2. The Morgan fingerprint density at radius 3 is 2.40 bits per heavy atom. The number of carboxylic acid groups (broad SMARTS) is 1. The van der Waals surface area contributed by atoms with Crippen LogP contribution in [0.4, 0.5) is 4.79 Å². The number of carbonyl (C=O) groups excluding carboxylic acids is 1. The van der Waals surface area contributed by atoms with Crippen LogP contribution in [0.5, 0.6) is 0 Å². The Morgan fingerprint density at radius 1 is 1.10 bits per heavy atom. The van der Waals surface area contributed by atoms with Gasteiger partial charge < -0.3 is 24.8 Å². The number of nitrogens with zero attached hydrogens (tertiary/aromatic N) is 1. The minimum absolute atomic E-state index is 0.104. The van der Waals surface area contributed by atoms with Crippen LogP contribution in [0.25, 0.3) is 0 Å². The molecule has 3 fully saturated rings. The highest BCUT2D eigenvalue weighted by molar-refractivity contribution is 5.74. The van der Waals surface area contributed by atoms with Crippen LogP contribution in [0.2, 0.25) is 0 Å². The number of morpholine rings is 1. The second-order valence-corrected chi connectivity index (χ2v) is 5.71. The molecule has 2 amide bonds. The lowest BCUT2D eigenvalue weighted by molar-refractivity contribution is -0.149. The van der Waals surface area contributed by atoms with Gasteiger partial charge >= 0.3 is 12.0 Å². The van der Waals surface area contributed by atoms with E-state index < -0.39 is 12.1 Å². The summed E-state index contributed by atoms with van der Waals surface area (Å²) in [6.07, 6.45) is 2.68. The van der Waals surface area contributed by atoms with Gasteiger partial charge in [0.05, 0.1) is 18.3 Å². The molecule has 2 bridgehead atoms. The van der Waals surface area contributed by atoms with E-state index in [-0.39, 0.29) is 24.3 Å². The lowest BCUT2D eigenvalue weighted by Gasteiger charge is -2.32. The molecule has 7 nitrogen and oxygen atoms in total. The lowest BCUT2D eigenvalue weighted by Crippen LogP contribution is -2.51. The van der Waals surface area contributed by atoms with E-state index in [2.05, 4.69) is 5.32 Å². The summed E-state index contributed by atoms with van der Waals surface area (Å²) in [6, 6.07) is -0.104. The number of hydrogen-bond donors (Lipinski definition) is 2. The fraction of sp³-hybridized carbons (Fsp3) is 0.846. The normalized spacial score (nSPS) is 36.1. The predicted molar refractivity (Wildman–Crippen MR) is 68.4 cm³/mol. The Labute approximate surface area is 117 Å². The molecule has 3 heterocycles. The number of aliphatic carboxylic acids is 1. The van der Waals surface area contributed by atoms with Gasteiger partial charge in [0.25, 0.3) is 0 Å². The van der Waals surface area contributed by atoms with Crippen LogP contribution in [0, 0.1) is 0 Å². The molecule has 0 spiro atoms. The molecule has 0 aromatic carbocycles. The van der Waals surface area contributed by atoms with Crippen molar-refractivity contribution >= 4 is 12.0 Å². The Kier molecular flexibility index (Phi) is 3.80. The molecule has 0 aromatic rings. The molecular weight excluding hydrogens is 264 g/mol. The monoisotopic (exact) mass is 284 g/mol. The number of nitrogens with one attached hydrogen (secondary N) is 1. The maximum atomic E-state index is 12.1. The van der Waals surface area contributed by atoms with Crippen LogP contribution in [-0.2, 0) is 14.3 Å². The van der Waals surface area contributed by atoms with Gasteiger partial charge in [0.1, 0.15) is 0 Å². The van der Waals surface area contributed by atoms with Gasteiger partial charge in [0, 0.05) is 19.6 Å². The fourth-order valence-corrected chi connectivity index (χ4v) is 3.13. The smallest absolute Gasteiger partial charge is 0.332 e. The summed E-state index contributed by atoms with van der Waals surface area (Å²) in [7, 11) is 0. The fourth-order valence-electron chi connectivity index (χ4n) is 3.13. The molecule has 20 heavy (non-hydrogen) atoms. The van der Waals surface area contributed by atoms with Crippen molar-refractivity contribution in [1.82, 2.24) is 10.2 Å². The second-order valence-electron chi connectivity index (χ2n) is 5.71. The first kappa shape index (κ1) is 13.6. The zero-order valence-corrected chi connectivity index (χ0v) is 11.3. The number of carboxylic acids is 1. The first-order valence-corrected chi connectivity index (χ1v) is 7.18. The number of fused-ring (bicyclic) bond motifs is 2. The van der Waals surface area contributed by atoms with Crippen molar-refractivity contribution in [2.45, 2.75) is 50.1 Å². The van der Waals surface area contributed by atoms with E-state index in [9.17, 15) is 9.59 Å². The summed E-state index contributed by atoms with van der Waals surface area (Å²) >= 11 is 0. The van der Waals surface area contributed by atoms with Crippen LogP contribution < -0.4 is 5.32 Å². The van der Waals surface area contributed by atoms with Crippen molar-refractivity contribution in [2.75, 3.05) is 19.6 Å². The van der Waals surface area contributed by atoms with Crippen molar-refractivity contribution in [3.05, 3.63) is 0 Å². The van der Waals surface area contributed by atoms with Crippen molar-refractivity contribution in [3.8, 4) is 0 Å². The van der Waals surface area contributed by atoms with Crippen LogP contribution >= 0.6 is 0 Å². The van der Waals surface area contributed by atoms with E-state index in [0.29, 0.717) is 32.5 Å². The molecule has 4 unspecified atom stereocenters. The molecule has 3 rings (SSSR count). The third kappa shape index (κ3) is 2.88. The van der Waals surface area contributed by atoms with E-state index in [0.717, 1.165) is 12.8 Å². The predicted octanol–water partition coefficient (Wildman–Crippen LogP) is 0.191. The number of rotatable bonds is 3.